The number of pyridine rings is 1. The third-order valence-electron chi connectivity index (χ3n) is 5.93. The second-order valence-electron chi connectivity index (χ2n) is 8.34. The number of nitrogens with one attached hydrogen (secondary N) is 2. The van der Waals surface area contributed by atoms with Crippen molar-refractivity contribution >= 4 is 6.03 Å². The summed E-state index contributed by atoms with van der Waals surface area (Å²) >= 11 is 0. The molecule has 5 rings (SSSR count). The number of carbonyl (C=O) groups is 1. The van der Waals surface area contributed by atoms with Crippen molar-refractivity contribution in [1.29, 1.82) is 0 Å². The summed E-state index contributed by atoms with van der Waals surface area (Å²) in [5, 5.41) is 11.0. The Morgan fingerprint density at radius 3 is 2.18 bits per heavy atom. The topological polar surface area (TPSA) is 71.8 Å². The van der Waals surface area contributed by atoms with Crippen LogP contribution in [-0.2, 0) is 6.54 Å². The molecule has 166 valence electrons. The fourth-order valence-corrected chi connectivity index (χ4v) is 4.09. The van der Waals surface area contributed by atoms with Crippen molar-refractivity contribution in [2.75, 3.05) is 6.54 Å². The van der Waals surface area contributed by atoms with Crippen LogP contribution in [0.15, 0.2) is 91.3 Å². The first-order valence-electron chi connectivity index (χ1n) is 11.4. The van der Waals surface area contributed by atoms with Crippen LogP contribution in [0.25, 0.3) is 11.3 Å². The Balaban J connectivity index is 1.24. The zero-order chi connectivity index (χ0) is 22.5. The molecule has 2 aromatic heterocycles. The van der Waals surface area contributed by atoms with Crippen LogP contribution in [0.4, 0.5) is 4.79 Å². The Kier molecular flexibility index (Phi) is 6.15. The van der Waals surface area contributed by atoms with E-state index in [1.807, 2.05) is 77.5 Å². The first-order valence-corrected chi connectivity index (χ1v) is 11.4. The predicted molar refractivity (Wildman–Crippen MR) is 129 cm³/mol. The van der Waals surface area contributed by atoms with Crippen LogP contribution in [0.2, 0.25) is 0 Å². The highest BCUT2D eigenvalue weighted by atomic mass is 16.2. The number of urea groups is 1. The molecule has 0 spiro atoms. The average molecular weight is 438 g/mol. The number of carbonyl (C=O) groups excluding carboxylic acids is 1. The number of aromatic nitrogens is 3. The Hall–Kier alpha value is -3.93. The van der Waals surface area contributed by atoms with E-state index in [0.717, 1.165) is 22.4 Å². The number of rotatable bonds is 8. The summed E-state index contributed by atoms with van der Waals surface area (Å²) in [5.41, 5.74) is 5.35. The van der Waals surface area contributed by atoms with Gasteiger partial charge in [-0.15, -0.1) is 0 Å². The van der Waals surface area contributed by atoms with Crippen LogP contribution in [0.1, 0.15) is 41.6 Å². The first-order chi connectivity index (χ1) is 16.3. The SMILES string of the molecule is O=C(NCCn1nc(-c2ccncc2)cc1C1CC1)NC(c1ccccc1)c1ccccc1. The van der Waals surface area contributed by atoms with Gasteiger partial charge in [0, 0.05) is 36.1 Å². The minimum absolute atomic E-state index is 0.192. The van der Waals surface area contributed by atoms with Gasteiger partial charge in [-0.05, 0) is 42.2 Å². The molecule has 6 nitrogen and oxygen atoms in total. The second-order valence-corrected chi connectivity index (χ2v) is 8.34. The zero-order valence-corrected chi connectivity index (χ0v) is 18.4. The van der Waals surface area contributed by atoms with Crippen molar-refractivity contribution < 1.29 is 4.79 Å². The lowest BCUT2D eigenvalue weighted by Crippen LogP contribution is -2.39. The molecule has 0 atom stereocenters. The van der Waals surface area contributed by atoms with Crippen LogP contribution in [0, 0.1) is 0 Å². The maximum atomic E-state index is 12.8. The van der Waals surface area contributed by atoms with Gasteiger partial charge in [-0.1, -0.05) is 60.7 Å². The molecule has 1 aliphatic rings. The Labute approximate surface area is 193 Å². The van der Waals surface area contributed by atoms with Crippen LogP contribution in [-0.4, -0.2) is 27.3 Å². The van der Waals surface area contributed by atoms with Gasteiger partial charge in [-0.25, -0.2) is 4.79 Å². The number of hydrogen-bond donors (Lipinski definition) is 2. The fraction of sp³-hybridized carbons (Fsp3) is 0.222. The lowest BCUT2D eigenvalue weighted by Gasteiger charge is -2.20. The molecular weight excluding hydrogens is 410 g/mol. The normalized spacial score (nSPS) is 13.1. The van der Waals surface area contributed by atoms with Crippen molar-refractivity contribution in [3.63, 3.8) is 0 Å². The van der Waals surface area contributed by atoms with Crippen LogP contribution in [0.5, 0.6) is 0 Å². The highest BCUT2D eigenvalue weighted by molar-refractivity contribution is 5.75. The maximum Gasteiger partial charge on any atom is 0.315 e. The van der Waals surface area contributed by atoms with E-state index in [9.17, 15) is 4.79 Å². The minimum Gasteiger partial charge on any atom is -0.336 e. The van der Waals surface area contributed by atoms with Gasteiger partial charge < -0.3 is 10.6 Å². The van der Waals surface area contributed by atoms with Crippen molar-refractivity contribution in [2.45, 2.75) is 31.3 Å². The molecule has 1 aliphatic carbocycles. The van der Waals surface area contributed by atoms with Crippen LogP contribution in [0.3, 0.4) is 0 Å². The van der Waals surface area contributed by atoms with E-state index >= 15 is 0 Å². The van der Waals surface area contributed by atoms with Crippen LogP contribution >= 0.6 is 0 Å². The highest BCUT2D eigenvalue weighted by Crippen LogP contribution is 2.41. The van der Waals surface area contributed by atoms with Crippen LogP contribution < -0.4 is 10.6 Å². The van der Waals surface area contributed by atoms with Gasteiger partial charge in [-0.3, -0.25) is 9.67 Å². The molecule has 6 heteroatoms. The number of nitrogens with zero attached hydrogens (tertiary/aromatic N) is 3. The Bertz CT molecular complexity index is 1150. The van der Waals surface area contributed by atoms with E-state index in [1.165, 1.54) is 18.5 Å². The quantitative estimate of drug-likeness (QED) is 0.411. The Morgan fingerprint density at radius 1 is 0.939 bits per heavy atom. The summed E-state index contributed by atoms with van der Waals surface area (Å²) < 4.78 is 2.04. The van der Waals surface area contributed by atoms with Gasteiger partial charge in [0.05, 0.1) is 18.3 Å². The maximum absolute atomic E-state index is 12.8. The standard InChI is InChI=1S/C27H27N5O/c33-27(30-26(22-7-3-1-4-8-22)23-9-5-2-6-10-23)29-17-18-32-25(21-11-12-21)19-24(31-32)20-13-15-28-16-14-20/h1-10,13-16,19,21,26H,11-12,17-18H2,(H2,29,30,33). The van der Waals surface area contributed by atoms with E-state index < -0.39 is 0 Å². The molecule has 2 heterocycles. The van der Waals surface area contributed by atoms with Crippen molar-refractivity contribution in [2.24, 2.45) is 0 Å². The molecule has 2 aromatic carbocycles. The molecule has 1 saturated carbocycles. The van der Waals surface area contributed by atoms with Gasteiger partial charge in [0.1, 0.15) is 0 Å². The van der Waals surface area contributed by atoms with E-state index in [4.69, 9.17) is 5.10 Å². The van der Waals surface area contributed by atoms with Crippen molar-refractivity contribution in [3.8, 4) is 11.3 Å². The number of hydrogen-bond acceptors (Lipinski definition) is 3. The molecule has 2 N–H and O–H groups in total. The largest absolute Gasteiger partial charge is 0.336 e. The van der Waals surface area contributed by atoms with Crippen molar-refractivity contribution in [1.82, 2.24) is 25.4 Å². The van der Waals surface area contributed by atoms with E-state index in [-0.39, 0.29) is 12.1 Å². The zero-order valence-electron chi connectivity index (χ0n) is 18.4. The summed E-state index contributed by atoms with van der Waals surface area (Å²) in [6.07, 6.45) is 5.97. The monoisotopic (exact) mass is 437 g/mol. The summed E-state index contributed by atoms with van der Waals surface area (Å²) in [6, 6.07) is 25.8. The third kappa shape index (κ3) is 5.12. The summed E-state index contributed by atoms with van der Waals surface area (Å²) in [6.45, 7) is 1.13. The third-order valence-corrected chi connectivity index (χ3v) is 5.93. The summed E-state index contributed by atoms with van der Waals surface area (Å²) in [5.74, 6) is 0.572. The molecule has 2 amide bonds. The van der Waals surface area contributed by atoms with Gasteiger partial charge in [-0.2, -0.15) is 5.10 Å². The molecule has 0 unspecified atom stereocenters. The molecule has 0 radical (unpaired) electrons. The van der Waals surface area contributed by atoms with Crippen molar-refractivity contribution in [3.05, 3.63) is 108 Å². The molecule has 1 fully saturated rings. The second kappa shape index (κ2) is 9.69. The predicted octanol–water partition coefficient (Wildman–Crippen LogP) is 4.91. The lowest BCUT2D eigenvalue weighted by atomic mass is 9.99. The van der Waals surface area contributed by atoms with Gasteiger partial charge in [0.15, 0.2) is 0 Å². The first kappa shape index (κ1) is 20.9. The molecule has 0 aliphatic heterocycles. The Morgan fingerprint density at radius 2 is 1.58 bits per heavy atom. The summed E-state index contributed by atoms with van der Waals surface area (Å²) in [4.78, 5) is 16.9. The lowest BCUT2D eigenvalue weighted by molar-refractivity contribution is 0.238. The number of amides is 2. The fourth-order valence-electron chi connectivity index (χ4n) is 4.09. The van der Waals surface area contributed by atoms with E-state index in [1.54, 1.807) is 12.4 Å². The highest BCUT2D eigenvalue weighted by Gasteiger charge is 2.28. The smallest absolute Gasteiger partial charge is 0.315 e. The van der Waals surface area contributed by atoms with Gasteiger partial charge in [0.2, 0.25) is 0 Å². The minimum atomic E-state index is -0.211. The molecule has 33 heavy (non-hydrogen) atoms. The molecular formula is C27H27N5O. The van der Waals surface area contributed by atoms with Gasteiger partial charge in [0.25, 0.3) is 0 Å². The number of benzene rings is 2. The molecule has 0 bridgehead atoms. The summed E-state index contributed by atoms with van der Waals surface area (Å²) in [7, 11) is 0. The van der Waals surface area contributed by atoms with E-state index in [0.29, 0.717) is 19.0 Å². The molecule has 4 aromatic rings. The van der Waals surface area contributed by atoms with E-state index in [2.05, 4.69) is 21.7 Å². The average Bonchev–Trinajstić information content (AvgIpc) is 3.63. The molecule has 0 saturated heterocycles. The van der Waals surface area contributed by atoms with Gasteiger partial charge >= 0.3 is 6.03 Å².